The summed E-state index contributed by atoms with van der Waals surface area (Å²) in [6.45, 7) is 1.76. The highest BCUT2D eigenvalue weighted by atomic mass is 16.3. The Morgan fingerprint density at radius 1 is 1.39 bits per heavy atom. The average Bonchev–Trinajstić information content (AvgIpc) is 2.49. The molecular formula is C16H19N5O2. The van der Waals surface area contributed by atoms with E-state index in [0.717, 1.165) is 5.69 Å². The molecule has 3 rings (SSSR count). The number of nitrogens with one attached hydrogen (secondary N) is 1. The fourth-order valence-electron chi connectivity index (χ4n) is 2.82. The van der Waals surface area contributed by atoms with Crippen LogP contribution in [0.5, 0.6) is 0 Å². The average molecular weight is 313 g/mol. The molecule has 0 unspecified atom stereocenters. The zero-order chi connectivity index (χ0) is 16.4. The third-order valence-corrected chi connectivity index (χ3v) is 4.02. The number of hydrogen-bond donors (Lipinski definition) is 3. The molecule has 1 fully saturated rings. The standard InChI is InChI=1S/C16H19N5O2/c1-9-6-13(20-16(17)19-9)15(23)21-14(10-7-11(22)8-10)12-4-2-3-5-18-12/h2-6,10-11,14,22H,7-8H2,1H3,(H,21,23)(H2,17,19,20)/t10?,11?,14-/m1/s1. The highest BCUT2D eigenvalue weighted by Crippen LogP contribution is 2.37. The number of aliphatic hydroxyl groups excluding tert-OH is 1. The molecule has 4 N–H and O–H groups in total. The summed E-state index contributed by atoms with van der Waals surface area (Å²) in [6, 6.07) is 6.91. The number of aryl methyl sites for hydroxylation is 1. The summed E-state index contributed by atoms with van der Waals surface area (Å²) in [5.74, 6) is -0.0908. The zero-order valence-electron chi connectivity index (χ0n) is 12.8. The number of hydrogen-bond acceptors (Lipinski definition) is 6. The first-order valence-corrected chi connectivity index (χ1v) is 7.54. The Bertz CT molecular complexity index is 681. The van der Waals surface area contributed by atoms with Crippen molar-refractivity contribution in [2.45, 2.75) is 31.9 Å². The number of carbonyl (C=O) groups is 1. The van der Waals surface area contributed by atoms with Crippen LogP contribution in [0.1, 0.15) is 40.8 Å². The van der Waals surface area contributed by atoms with E-state index < -0.39 is 0 Å². The fourth-order valence-corrected chi connectivity index (χ4v) is 2.82. The summed E-state index contributed by atoms with van der Waals surface area (Å²) in [6.07, 6.45) is 2.68. The molecule has 1 aliphatic rings. The van der Waals surface area contributed by atoms with E-state index in [-0.39, 0.29) is 35.6 Å². The number of nitrogens with zero attached hydrogens (tertiary/aromatic N) is 3. The molecule has 2 heterocycles. The van der Waals surface area contributed by atoms with Crippen molar-refractivity contribution < 1.29 is 9.90 Å². The van der Waals surface area contributed by atoms with E-state index in [2.05, 4.69) is 20.3 Å². The molecule has 7 nitrogen and oxygen atoms in total. The molecule has 0 aromatic carbocycles. The Morgan fingerprint density at radius 3 is 2.78 bits per heavy atom. The first-order valence-electron chi connectivity index (χ1n) is 7.54. The van der Waals surface area contributed by atoms with Crippen LogP contribution in [0.3, 0.4) is 0 Å². The summed E-state index contributed by atoms with van der Waals surface area (Å²) >= 11 is 0. The molecule has 23 heavy (non-hydrogen) atoms. The van der Waals surface area contributed by atoms with Crippen LogP contribution in [0.2, 0.25) is 0 Å². The first-order chi connectivity index (χ1) is 11.0. The molecule has 0 radical (unpaired) electrons. The lowest BCUT2D eigenvalue weighted by molar-refractivity contribution is 0.0227. The second-order valence-electron chi connectivity index (χ2n) is 5.84. The summed E-state index contributed by atoms with van der Waals surface area (Å²) in [4.78, 5) is 24.8. The quantitative estimate of drug-likeness (QED) is 0.776. The predicted octanol–water partition coefficient (Wildman–Crippen LogP) is 1.00. The summed E-state index contributed by atoms with van der Waals surface area (Å²) in [5.41, 5.74) is 7.25. The van der Waals surface area contributed by atoms with Gasteiger partial charge in [-0.1, -0.05) is 6.07 Å². The Morgan fingerprint density at radius 2 is 2.17 bits per heavy atom. The van der Waals surface area contributed by atoms with E-state index in [1.165, 1.54) is 0 Å². The molecule has 1 aliphatic carbocycles. The SMILES string of the molecule is Cc1cc(C(=O)N[C@@H](c2ccccn2)C2CC(O)C2)nc(N)n1. The number of nitrogens with two attached hydrogens (primary N) is 1. The van der Waals surface area contributed by atoms with E-state index in [1.54, 1.807) is 19.2 Å². The van der Waals surface area contributed by atoms with Crippen LogP contribution >= 0.6 is 0 Å². The van der Waals surface area contributed by atoms with Crippen LogP contribution in [0, 0.1) is 12.8 Å². The Kier molecular flexibility index (Phi) is 4.20. The number of amides is 1. The topological polar surface area (TPSA) is 114 Å². The van der Waals surface area contributed by atoms with Gasteiger partial charge in [0.2, 0.25) is 5.95 Å². The fraction of sp³-hybridized carbons (Fsp3) is 0.375. The van der Waals surface area contributed by atoms with Gasteiger partial charge in [-0.3, -0.25) is 9.78 Å². The summed E-state index contributed by atoms with van der Waals surface area (Å²) in [5, 5.41) is 12.5. The van der Waals surface area contributed by atoms with E-state index in [0.29, 0.717) is 18.5 Å². The van der Waals surface area contributed by atoms with Crippen LogP contribution in [-0.4, -0.2) is 32.1 Å². The lowest BCUT2D eigenvalue weighted by Crippen LogP contribution is -2.42. The number of pyridine rings is 1. The zero-order valence-corrected chi connectivity index (χ0v) is 12.8. The maximum absolute atomic E-state index is 12.5. The van der Waals surface area contributed by atoms with Gasteiger partial charge in [-0.15, -0.1) is 0 Å². The van der Waals surface area contributed by atoms with Crippen molar-refractivity contribution in [3.63, 3.8) is 0 Å². The minimum atomic E-state index is -0.320. The minimum absolute atomic E-state index is 0.0728. The molecule has 0 spiro atoms. The molecule has 0 saturated heterocycles. The van der Waals surface area contributed by atoms with Gasteiger partial charge in [0.05, 0.1) is 17.8 Å². The van der Waals surface area contributed by atoms with Crippen LogP contribution in [-0.2, 0) is 0 Å². The van der Waals surface area contributed by atoms with Crippen molar-refractivity contribution in [3.05, 3.63) is 47.5 Å². The van der Waals surface area contributed by atoms with Crippen molar-refractivity contribution in [1.29, 1.82) is 0 Å². The molecule has 120 valence electrons. The van der Waals surface area contributed by atoms with Gasteiger partial charge in [0.15, 0.2) is 0 Å². The van der Waals surface area contributed by atoms with Crippen molar-refractivity contribution in [1.82, 2.24) is 20.3 Å². The summed E-state index contributed by atoms with van der Waals surface area (Å²) < 4.78 is 0. The largest absolute Gasteiger partial charge is 0.393 e. The van der Waals surface area contributed by atoms with Crippen LogP contribution in [0.25, 0.3) is 0 Å². The number of aliphatic hydroxyl groups is 1. The number of nitrogen functional groups attached to an aromatic ring is 1. The first kappa shape index (κ1) is 15.4. The van der Waals surface area contributed by atoms with E-state index in [1.807, 2.05) is 18.2 Å². The number of aromatic nitrogens is 3. The van der Waals surface area contributed by atoms with Gasteiger partial charge >= 0.3 is 0 Å². The predicted molar refractivity (Wildman–Crippen MR) is 84.4 cm³/mol. The van der Waals surface area contributed by atoms with Crippen LogP contribution in [0.4, 0.5) is 5.95 Å². The second kappa shape index (κ2) is 6.29. The number of rotatable bonds is 4. The highest BCUT2D eigenvalue weighted by Gasteiger charge is 2.36. The Hall–Kier alpha value is -2.54. The highest BCUT2D eigenvalue weighted by molar-refractivity contribution is 5.92. The molecule has 1 amide bonds. The van der Waals surface area contributed by atoms with Crippen molar-refractivity contribution in [2.24, 2.45) is 5.92 Å². The maximum atomic E-state index is 12.5. The van der Waals surface area contributed by atoms with E-state index >= 15 is 0 Å². The Labute approximate surface area is 134 Å². The van der Waals surface area contributed by atoms with E-state index in [9.17, 15) is 9.90 Å². The van der Waals surface area contributed by atoms with Gasteiger partial charge < -0.3 is 16.2 Å². The molecule has 7 heteroatoms. The third-order valence-electron chi connectivity index (χ3n) is 4.02. The Balaban J connectivity index is 1.82. The second-order valence-corrected chi connectivity index (χ2v) is 5.84. The molecule has 1 saturated carbocycles. The van der Waals surface area contributed by atoms with Gasteiger partial charge in [-0.25, -0.2) is 9.97 Å². The maximum Gasteiger partial charge on any atom is 0.270 e. The van der Waals surface area contributed by atoms with Crippen LogP contribution < -0.4 is 11.1 Å². The molecule has 2 aromatic rings. The molecule has 2 aromatic heterocycles. The lowest BCUT2D eigenvalue weighted by Gasteiger charge is -2.37. The minimum Gasteiger partial charge on any atom is -0.393 e. The number of carbonyl (C=O) groups excluding carboxylic acids is 1. The van der Waals surface area contributed by atoms with Crippen molar-refractivity contribution in [3.8, 4) is 0 Å². The third kappa shape index (κ3) is 3.45. The van der Waals surface area contributed by atoms with Crippen molar-refractivity contribution >= 4 is 11.9 Å². The molecule has 1 atom stereocenters. The molecular weight excluding hydrogens is 294 g/mol. The number of anilines is 1. The lowest BCUT2D eigenvalue weighted by atomic mass is 9.76. The van der Waals surface area contributed by atoms with Crippen molar-refractivity contribution in [2.75, 3.05) is 5.73 Å². The van der Waals surface area contributed by atoms with E-state index in [4.69, 9.17) is 5.73 Å². The smallest absolute Gasteiger partial charge is 0.270 e. The summed E-state index contributed by atoms with van der Waals surface area (Å²) in [7, 11) is 0. The van der Waals surface area contributed by atoms with Gasteiger partial charge in [-0.2, -0.15) is 0 Å². The normalized spacial score (nSPS) is 21.3. The van der Waals surface area contributed by atoms with Gasteiger partial charge in [0, 0.05) is 11.9 Å². The monoisotopic (exact) mass is 313 g/mol. The molecule has 0 bridgehead atoms. The molecule has 0 aliphatic heterocycles. The van der Waals surface area contributed by atoms with Gasteiger partial charge in [-0.05, 0) is 43.9 Å². The van der Waals surface area contributed by atoms with Gasteiger partial charge in [0.25, 0.3) is 5.91 Å². The van der Waals surface area contributed by atoms with Crippen LogP contribution in [0.15, 0.2) is 30.5 Å². The van der Waals surface area contributed by atoms with Gasteiger partial charge in [0.1, 0.15) is 5.69 Å².